The molecule has 0 aliphatic carbocycles. The Morgan fingerprint density at radius 2 is 1.76 bits per heavy atom. The summed E-state index contributed by atoms with van der Waals surface area (Å²) in [5.41, 5.74) is 0.818. The highest BCUT2D eigenvalue weighted by atomic mass is 16.3. The van der Waals surface area contributed by atoms with Gasteiger partial charge < -0.3 is 15.5 Å². The van der Waals surface area contributed by atoms with Crippen LogP contribution in [0.15, 0.2) is 18.2 Å². The predicted octanol–water partition coefficient (Wildman–Crippen LogP) is 3.18. The van der Waals surface area contributed by atoms with Gasteiger partial charge in [-0.3, -0.25) is 0 Å². The maximum absolute atomic E-state index is 9.76. The Hall–Kier alpha value is -1.22. The minimum atomic E-state index is 0.0735. The molecule has 0 saturated carbocycles. The Morgan fingerprint density at radius 3 is 2.29 bits per heavy atom. The van der Waals surface area contributed by atoms with E-state index in [1.807, 2.05) is 6.92 Å². The fourth-order valence-corrected chi connectivity index (χ4v) is 2.19. The van der Waals surface area contributed by atoms with E-state index < -0.39 is 0 Å². The number of aromatic hydroxyl groups is 2. The van der Waals surface area contributed by atoms with Gasteiger partial charge in [0.25, 0.3) is 0 Å². The molecular formula is C14H23NO2. The van der Waals surface area contributed by atoms with Crippen molar-refractivity contribution in [2.24, 2.45) is 5.92 Å². The van der Waals surface area contributed by atoms with E-state index in [1.54, 1.807) is 12.1 Å². The number of hydrogen-bond donors (Lipinski definition) is 3. The summed E-state index contributed by atoms with van der Waals surface area (Å²) in [7, 11) is 0. The van der Waals surface area contributed by atoms with Gasteiger partial charge in [0.1, 0.15) is 11.5 Å². The molecule has 0 heterocycles. The molecular weight excluding hydrogens is 214 g/mol. The third kappa shape index (κ3) is 4.27. The highest BCUT2D eigenvalue weighted by Gasteiger charge is 2.14. The van der Waals surface area contributed by atoms with Gasteiger partial charge in [0.2, 0.25) is 0 Å². The largest absolute Gasteiger partial charge is 0.508 e. The number of rotatable bonds is 5. The maximum Gasteiger partial charge on any atom is 0.124 e. The van der Waals surface area contributed by atoms with Crippen LogP contribution >= 0.6 is 0 Å². The molecule has 1 aromatic rings. The van der Waals surface area contributed by atoms with Crippen molar-refractivity contribution in [1.29, 1.82) is 0 Å². The van der Waals surface area contributed by atoms with Gasteiger partial charge in [-0.05, 0) is 32.3 Å². The van der Waals surface area contributed by atoms with E-state index in [4.69, 9.17) is 0 Å². The molecule has 0 spiro atoms. The molecule has 2 unspecified atom stereocenters. The first kappa shape index (κ1) is 13.8. The lowest BCUT2D eigenvalue weighted by Crippen LogP contribution is -2.30. The van der Waals surface area contributed by atoms with Gasteiger partial charge in [0.05, 0.1) is 0 Å². The molecule has 0 radical (unpaired) electrons. The van der Waals surface area contributed by atoms with Gasteiger partial charge in [0.15, 0.2) is 0 Å². The third-order valence-electron chi connectivity index (χ3n) is 2.84. The molecule has 1 rings (SSSR count). The summed E-state index contributed by atoms with van der Waals surface area (Å²) in [5.74, 6) is 0.883. The van der Waals surface area contributed by atoms with Crippen LogP contribution in [0.2, 0.25) is 0 Å². The first-order valence-electron chi connectivity index (χ1n) is 6.18. The number of hydrogen-bond acceptors (Lipinski definition) is 3. The van der Waals surface area contributed by atoms with Crippen LogP contribution in [0.4, 0.5) is 0 Å². The molecule has 0 aliphatic heterocycles. The Kier molecular flexibility index (Phi) is 4.82. The first-order chi connectivity index (χ1) is 7.90. The smallest absolute Gasteiger partial charge is 0.124 e. The lowest BCUT2D eigenvalue weighted by atomic mass is 10.0. The van der Waals surface area contributed by atoms with Gasteiger partial charge >= 0.3 is 0 Å². The number of phenols is 2. The summed E-state index contributed by atoms with van der Waals surface area (Å²) in [6.07, 6.45) is 1.10. The minimum Gasteiger partial charge on any atom is -0.508 e. The summed E-state index contributed by atoms with van der Waals surface area (Å²) < 4.78 is 0. The molecule has 3 heteroatoms. The molecule has 0 saturated heterocycles. The second kappa shape index (κ2) is 5.92. The fraction of sp³-hybridized carbons (Fsp3) is 0.571. The Morgan fingerprint density at radius 1 is 1.12 bits per heavy atom. The average molecular weight is 237 g/mol. The number of benzene rings is 1. The normalized spacial score (nSPS) is 14.9. The van der Waals surface area contributed by atoms with Gasteiger partial charge in [0, 0.05) is 23.7 Å². The van der Waals surface area contributed by atoms with Crippen molar-refractivity contribution in [3.05, 3.63) is 23.8 Å². The predicted molar refractivity (Wildman–Crippen MR) is 70.2 cm³/mol. The van der Waals surface area contributed by atoms with Crippen LogP contribution in [0, 0.1) is 5.92 Å². The topological polar surface area (TPSA) is 52.5 Å². The molecule has 2 atom stereocenters. The van der Waals surface area contributed by atoms with Crippen molar-refractivity contribution in [3.63, 3.8) is 0 Å². The number of nitrogens with one attached hydrogen (secondary N) is 1. The van der Waals surface area contributed by atoms with Crippen molar-refractivity contribution in [2.75, 3.05) is 0 Å². The lowest BCUT2D eigenvalue weighted by Gasteiger charge is -2.22. The summed E-state index contributed by atoms with van der Waals surface area (Å²) in [6.45, 7) is 8.55. The van der Waals surface area contributed by atoms with Crippen molar-refractivity contribution in [1.82, 2.24) is 5.32 Å². The number of phenolic OH excluding ortho intramolecular Hbond substituents is 2. The SMILES string of the molecule is CC(C)CC(C)NC(C)c1ccc(O)cc1O. The lowest BCUT2D eigenvalue weighted by molar-refractivity contribution is 0.392. The van der Waals surface area contributed by atoms with Crippen LogP contribution in [0.1, 0.15) is 45.7 Å². The zero-order valence-corrected chi connectivity index (χ0v) is 11.1. The molecule has 0 fully saturated rings. The molecule has 96 valence electrons. The second-order valence-corrected chi connectivity index (χ2v) is 5.16. The van der Waals surface area contributed by atoms with Crippen LogP contribution in [0.5, 0.6) is 11.5 Å². The van der Waals surface area contributed by atoms with E-state index in [-0.39, 0.29) is 17.5 Å². The highest BCUT2D eigenvalue weighted by molar-refractivity contribution is 5.40. The quantitative estimate of drug-likeness (QED) is 0.737. The first-order valence-corrected chi connectivity index (χ1v) is 6.18. The van der Waals surface area contributed by atoms with E-state index in [0.717, 1.165) is 12.0 Å². The van der Waals surface area contributed by atoms with Crippen LogP contribution in [-0.2, 0) is 0 Å². The van der Waals surface area contributed by atoms with Crippen LogP contribution in [0.3, 0.4) is 0 Å². The van der Waals surface area contributed by atoms with E-state index in [1.165, 1.54) is 6.07 Å². The summed E-state index contributed by atoms with van der Waals surface area (Å²) in [6, 6.07) is 5.20. The highest BCUT2D eigenvalue weighted by Crippen LogP contribution is 2.28. The summed E-state index contributed by atoms with van der Waals surface area (Å²) in [4.78, 5) is 0. The fourth-order valence-electron chi connectivity index (χ4n) is 2.19. The molecule has 0 aromatic heterocycles. The van der Waals surface area contributed by atoms with Crippen LogP contribution in [0.25, 0.3) is 0 Å². The van der Waals surface area contributed by atoms with E-state index in [0.29, 0.717) is 12.0 Å². The standard InChI is InChI=1S/C14H23NO2/c1-9(2)7-10(3)15-11(4)13-6-5-12(16)8-14(13)17/h5-6,8-11,15-17H,7H2,1-4H3. The van der Waals surface area contributed by atoms with Gasteiger partial charge in [-0.1, -0.05) is 19.9 Å². The maximum atomic E-state index is 9.76. The van der Waals surface area contributed by atoms with Crippen molar-refractivity contribution >= 4 is 0 Å². The van der Waals surface area contributed by atoms with Crippen LogP contribution in [-0.4, -0.2) is 16.3 Å². The molecule has 17 heavy (non-hydrogen) atoms. The van der Waals surface area contributed by atoms with Crippen molar-refractivity contribution in [3.8, 4) is 11.5 Å². The minimum absolute atomic E-state index is 0.0735. The van der Waals surface area contributed by atoms with Gasteiger partial charge in [-0.2, -0.15) is 0 Å². The monoisotopic (exact) mass is 237 g/mol. The summed E-state index contributed by atoms with van der Waals surface area (Å²) in [5, 5.41) is 22.4. The molecule has 0 bridgehead atoms. The summed E-state index contributed by atoms with van der Waals surface area (Å²) >= 11 is 0. The van der Waals surface area contributed by atoms with Crippen LogP contribution < -0.4 is 5.32 Å². The van der Waals surface area contributed by atoms with Crippen molar-refractivity contribution < 1.29 is 10.2 Å². The van der Waals surface area contributed by atoms with E-state index in [9.17, 15) is 10.2 Å². The average Bonchev–Trinajstić information content (AvgIpc) is 2.15. The third-order valence-corrected chi connectivity index (χ3v) is 2.84. The Bertz CT molecular complexity index is 363. The molecule has 3 N–H and O–H groups in total. The molecule has 3 nitrogen and oxygen atoms in total. The zero-order chi connectivity index (χ0) is 13.0. The molecule has 0 aliphatic rings. The van der Waals surface area contributed by atoms with Gasteiger partial charge in [-0.25, -0.2) is 0 Å². The second-order valence-electron chi connectivity index (χ2n) is 5.16. The van der Waals surface area contributed by atoms with E-state index >= 15 is 0 Å². The Labute approximate surface area is 103 Å². The van der Waals surface area contributed by atoms with Gasteiger partial charge in [-0.15, -0.1) is 0 Å². The molecule has 1 aromatic carbocycles. The molecule has 0 amide bonds. The van der Waals surface area contributed by atoms with Crippen molar-refractivity contribution in [2.45, 2.75) is 46.2 Å². The van der Waals surface area contributed by atoms with E-state index in [2.05, 4.69) is 26.1 Å². The zero-order valence-electron chi connectivity index (χ0n) is 11.1. The Balaban J connectivity index is 2.66.